The standard InChI is InChI=1S/C15H27F2N5O3S/c1-19(2)26(24,25)22-7-5-20(6-8-22)12-9-13(18-10-12)14(23)21-4-3-15(16,17)11-21/h12-13,18H,3-11H2,1-2H3/t12-,13-/m0/s1. The summed E-state index contributed by atoms with van der Waals surface area (Å²) < 4.78 is 53.6. The summed E-state index contributed by atoms with van der Waals surface area (Å²) in [5, 5.41) is 3.15. The van der Waals surface area contributed by atoms with E-state index < -0.39 is 28.7 Å². The van der Waals surface area contributed by atoms with Gasteiger partial charge < -0.3 is 10.2 Å². The second-order valence-electron chi connectivity index (χ2n) is 7.44. The Morgan fingerprint density at radius 3 is 2.35 bits per heavy atom. The number of carbonyl (C=O) groups is 1. The summed E-state index contributed by atoms with van der Waals surface area (Å²) in [4.78, 5) is 15.9. The Morgan fingerprint density at radius 1 is 1.15 bits per heavy atom. The van der Waals surface area contributed by atoms with Gasteiger partial charge in [-0.25, -0.2) is 8.78 Å². The van der Waals surface area contributed by atoms with E-state index in [0.29, 0.717) is 39.1 Å². The number of amides is 1. The normalized spacial score (nSPS) is 31.0. The van der Waals surface area contributed by atoms with Gasteiger partial charge in [0.15, 0.2) is 0 Å². The lowest BCUT2D eigenvalue weighted by molar-refractivity contribution is -0.133. The van der Waals surface area contributed by atoms with Gasteiger partial charge >= 0.3 is 0 Å². The van der Waals surface area contributed by atoms with Crippen molar-refractivity contribution >= 4 is 16.1 Å². The fourth-order valence-electron chi connectivity index (χ4n) is 3.86. The molecule has 0 aliphatic carbocycles. The van der Waals surface area contributed by atoms with Crippen LogP contribution in [0.25, 0.3) is 0 Å². The predicted octanol–water partition coefficient (Wildman–Crippen LogP) is -0.991. The van der Waals surface area contributed by atoms with Crippen molar-refractivity contribution in [1.82, 2.24) is 23.7 Å². The number of likely N-dealkylation sites (tertiary alicyclic amines) is 1. The van der Waals surface area contributed by atoms with Gasteiger partial charge in [0.1, 0.15) is 0 Å². The molecule has 0 unspecified atom stereocenters. The van der Waals surface area contributed by atoms with E-state index in [-0.39, 0.29) is 24.9 Å². The average Bonchev–Trinajstić information content (AvgIpc) is 3.21. The molecule has 3 aliphatic heterocycles. The third-order valence-corrected chi connectivity index (χ3v) is 7.41. The van der Waals surface area contributed by atoms with Gasteiger partial charge in [-0.3, -0.25) is 9.69 Å². The van der Waals surface area contributed by atoms with Crippen LogP contribution in [0.3, 0.4) is 0 Å². The molecule has 11 heteroatoms. The Hall–Kier alpha value is -0.880. The molecule has 0 aromatic rings. The first kappa shape index (κ1) is 19.9. The van der Waals surface area contributed by atoms with E-state index in [1.54, 1.807) is 0 Å². The van der Waals surface area contributed by atoms with Crippen molar-refractivity contribution < 1.29 is 22.0 Å². The van der Waals surface area contributed by atoms with Gasteiger partial charge in [0.25, 0.3) is 16.1 Å². The number of halogens is 2. The van der Waals surface area contributed by atoms with Crippen LogP contribution in [0.4, 0.5) is 8.78 Å². The fraction of sp³-hybridized carbons (Fsp3) is 0.933. The van der Waals surface area contributed by atoms with Crippen LogP contribution in [0.15, 0.2) is 0 Å². The van der Waals surface area contributed by atoms with Crippen LogP contribution >= 0.6 is 0 Å². The zero-order chi connectivity index (χ0) is 19.1. The van der Waals surface area contributed by atoms with E-state index in [1.165, 1.54) is 27.6 Å². The number of hydrogen-bond acceptors (Lipinski definition) is 5. The number of nitrogens with zero attached hydrogens (tertiary/aromatic N) is 4. The van der Waals surface area contributed by atoms with Gasteiger partial charge in [0.05, 0.1) is 12.6 Å². The number of nitrogens with one attached hydrogen (secondary N) is 1. The third-order valence-electron chi connectivity index (χ3n) is 5.46. The van der Waals surface area contributed by atoms with Crippen molar-refractivity contribution in [3.8, 4) is 0 Å². The molecule has 0 saturated carbocycles. The molecule has 150 valence electrons. The van der Waals surface area contributed by atoms with Crippen molar-refractivity contribution in [3.05, 3.63) is 0 Å². The van der Waals surface area contributed by atoms with Crippen molar-refractivity contribution in [2.45, 2.75) is 30.8 Å². The van der Waals surface area contributed by atoms with Gasteiger partial charge in [-0.1, -0.05) is 0 Å². The zero-order valence-corrected chi connectivity index (χ0v) is 16.0. The summed E-state index contributed by atoms with van der Waals surface area (Å²) >= 11 is 0. The molecular weight excluding hydrogens is 368 g/mol. The van der Waals surface area contributed by atoms with Crippen molar-refractivity contribution in [3.63, 3.8) is 0 Å². The number of rotatable bonds is 4. The monoisotopic (exact) mass is 395 g/mol. The maximum Gasteiger partial charge on any atom is 0.281 e. The molecule has 8 nitrogen and oxygen atoms in total. The molecule has 0 spiro atoms. The van der Waals surface area contributed by atoms with E-state index >= 15 is 0 Å². The SMILES string of the molecule is CN(C)S(=O)(=O)N1CCN([C@@H]2CN[C@H](C(=O)N3CCC(F)(F)C3)C2)CC1. The van der Waals surface area contributed by atoms with Crippen LogP contribution < -0.4 is 5.32 Å². The molecule has 3 aliphatic rings. The van der Waals surface area contributed by atoms with Crippen LogP contribution in [0.1, 0.15) is 12.8 Å². The highest BCUT2D eigenvalue weighted by atomic mass is 32.2. The highest BCUT2D eigenvalue weighted by Crippen LogP contribution is 2.28. The van der Waals surface area contributed by atoms with Gasteiger partial charge in [-0.05, 0) is 6.42 Å². The summed E-state index contributed by atoms with van der Waals surface area (Å²) in [6, 6.07) is -0.311. The number of carbonyl (C=O) groups excluding carboxylic acids is 1. The molecule has 3 rings (SSSR count). The summed E-state index contributed by atoms with van der Waals surface area (Å²) in [6.07, 6.45) is 0.304. The number of piperazine rings is 1. The molecule has 2 atom stereocenters. The molecule has 26 heavy (non-hydrogen) atoms. The maximum absolute atomic E-state index is 13.3. The summed E-state index contributed by atoms with van der Waals surface area (Å²) in [6.45, 7) is 2.25. The molecular formula is C15H27F2N5O3S. The first-order valence-electron chi connectivity index (χ1n) is 8.92. The quantitative estimate of drug-likeness (QED) is 0.662. The smallest absolute Gasteiger partial charge is 0.281 e. The molecule has 3 heterocycles. The Labute approximate surface area is 153 Å². The molecule has 3 fully saturated rings. The topological polar surface area (TPSA) is 76.2 Å². The van der Waals surface area contributed by atoms with Gasteiger partial charge in [0, 0.05) is 65.8 Å². The van der Waals surface area contributed by atoms with Gasteiger partial charge in [-0.15, -0.1) is 0 Å². The van der Waals surface area contributed by atoms with E-state index in [9.17, 15) is 22.0 Å². The highest BCUT2D eigenvalue weighted by molar-refractivity contribution is 7.86. The van der Waals surface area contributed by atoms with Gasteiger partial charge in [-0.2, -0.15) is 17.0 Å². The third kappa shape index (κ3) is 4.01. The molecule has 3 saturated heterocycles. The van der Waals surface area contributed by atoms with Crippen LogP contribution in [0, 0.1) is 0 Å². The van der Waals surface area contributed by atoms with Crippen LogP contribution in [0.2, 0.25) is 0 Å². The van der Waals surface area contributed by atoms with E-state index in [2.05, 4.69) is 10.2 Å². The van der Waals surface area contributed by atoms with Crippen LogP contribution in [-0.4, -0.2) is 111 Å². The lowest BCUT2D eigenvalue weighted by atomic mass is 10.1. The lowest BCUT2D eigenvalue weighted by Gasteiger charge is -2.38. The van der Waals surface area contributed by atoms with Crippen LogP contribution in [-0.2, 0) is 15.0 Å². The van der Waals surface area contributed by atoms with E-state index in [0.717, 1.165) is 0 Å². The first-order valence-corrected chi connectivity index (χ1v) is 10.3. The van der Waals surface area contributed by atoms with Gasteiger partial charge in [0.2, 0.25) is 5.91 Å². The van der Waals surface area contributed by atoms with E-state index in [1.807, 2.05) is 0 Å². The minimum Gasteiger partial charge on any atom is -0.335 e. The van der Waals surface area contributed by atoms with Crippen molar-refractivity contribution in [1.29, 1.82) is 0 Å². The minimum atomic E-state index is -3.40. The molecule has 0 radical (unpaired) electrons. The zero-order valence-electron chi connectivity index (χ0n) is 15.2. The minimum absolute atomic E-state index is 0.107. The average molecular weight is 395 g/mol. The van der Waals surface area contributed by atoms with Crippen LogP contribution in [0.5, 0.6) is 0 Å². The Bertz CT molecular complexity index is 637. The Morgan fingerprint density at radius 2 is 1.81 bits per heavy atom. The Balaban J connectivity index is 1.50. The second-order valence-corrected chi connectivity index (χ2v) is 9.58. The molecule has 0 bridgehead atoms. The molecule has 0 aromatic heterocycles. The number of alkyl halides is 2. The highest BCUT2D eigenvalue weighted by Gasteiger charge is 2.44. The number of hydrogen-bond donors (Lipinski definition) is 1. The summed E-state index contributed by atoms with van der Waals surface area (Å²) in [5.74, 6) is -3.03. The Kier molecular flexibility index (Phi) is 5.55. The second kappa shape index (κ2) is 7.27. The van der Waals surface area contributed by atoms with Crippen molar-refractivity contribution in [2.24, 2.45) is 0 Å². The largest absolute Gasteiger partial charge is 0.335 e. The summed E-state index contributed by atoms with van der Waals surface area (Å²) in [7, 11) is -0.372. The molecule has 1 N–H and O–H groups in total. The summed E-state index contributed by atoms with van der Waals surface area (Å²) in [5.41, 5.74) is 0. The van der Waals surface area contributed by atoms with Crippen molar-refractivity contribution in [2.75, 3.05) is 59.9 Å². The first-order chi connectivity index (χ1) is 12.1. The fourth-order valence-corrected chi connectivity index (χ4v) is 4.94. The van der Waals surface area contributed by atoms with E-state index in [4.69, 9.17) is 0 Å². The molecule has 1 amide bonds. The lowest BCUT2D eigenvalue weighted by Crippen LogP contribution is -2.54. The molecule has 0 aromatic carbocycles. The maximum atomic E-state index is 13.3. The predicted molar refractivity (Wildman–Crippen MR) is 92.1 cm³/mol.